The van der Waals surface area contributed by atoms with Crippen LogP contribution in [0, 0.1) is 5.82 Å². The molecule has 2 aromatic carbocycles. The minimum atomic E-state index is -0.594. The minimum Gasteiger partial charge on any atom is -0.376 e. The molecule has 0 aliphatic heterocycles. The van der Waals surface area contributed by atoms with Gasteiger partial charge in [-0.05, 0) is 46.3 Å². The Morgan fingerprint density at radius 2 is 2.00 bits per heavy atom. The number of nitrogens with one attached hydrogen (secondary N) is 1. The summed E-state index contributed by atoms with van der Waals surface area (Å²) in [6.45, 7) is 0. The number of anilines is 2. The molecule has 0 atom stereocenters. The number of halogens is 3. The molecule has 2 rings (SSSR count). The van der Waals surface area contributed by atoms with Gasteiger partial charge in [-0.2, -0.15) is 0 Å². The van der Waals surface area contributed by atoms with Crippen LogP contribution in [0.1, 0.15) is 10.4 Å². The lowest BCUT2D eigenvalue weighted by molar-refractivity contribution is 0.102. The van der Waals surface area contributed by atoms with Crippen molar-refractivity contribution in [1.82, 2.24) is 0 Å². The zero-order chi connectivity index (χ0) is 15.6. The molecule has 3 nitrogen and oxygen atoms in total. The average Bonchev–Trinajstić information content (AvgIpc) is 2.41. The zero-order valence-electron chi connectivity index (χ0n) is 11.5. The Kier molecular flexibility index (Phi) is 4.85. The van der Waals surface area contributed by atoms with Crippen LogP contribution in [0.5, 0.6) is 0 Å². The second-order valence-electron chi connectivity index (χ2n) is 4.61. The van der Waals surface area contributed by atoms with E-state index in [4.69, 9.17) is 11.6 Å². The van der Waals surface area contributed by atoms with Gasteiger partial charge in [0.15, 0.2) is 0 Å². The first kappa shape index (κ1) is 15.8. The second-order valence-corrected chi connectivity index (χ2v) is 5.90. The molecule has 0 unspecified atom stereocenters. The maximum absolute atomic E-state index is 13.9. The molecule has 0 aliphatic carbocycles. The van der Waals surface area contributed by atoms with Crippen molar-refractivity contribution in [2.45, 2.75) is 0 Å². The summed E-state index contributed by atoms with van der Waals surface area (Å²) in [6.07, 6.45) is 0. The highest BCUT2D eigenvalue weighted by atomic mass is 79.9. The summed E-state index contributed by atoms with van der Waals surface area (Å²) in [6, 6.07) is 9.71. The molecule has 0 heterocycles. The molecule has 0 aliphatic rings. The molecular formula is C15H13BrClFN2O. The highest BCUT2D eigenvalue weighted by Crippen LogP contribution is 2.29. The van der Waals surface area contributed by atoms with Gasteiger partial charge in [0.25, 0.3) is 5.91 Å². The Hall–Kier alpha value is -1.59. The summed E-state index contributed by atoms with van der Waals surface area (Å²) >= 11 is 9.02. The molecule has 0 saturated heterocycles. The number of rotatable bonds is 3. The van der Waals surface area contributed by atoms with E-state index in [0.29, 0.717) is 10.7 Å². The van der Waals surface area contributed by atoms with Crippen LogP contribution in [0.2, 0.25) is 5.02 Å². The molecule has 1 amide bonds. The van der Waals surface area contributed by atoms with E-state index in [1.807, 2.05) is 19.0 Å². The Morgan fingerprint density at radius 1 is 1.29 bits per heavy atom. The van der Waals surface area contributed by atoms with Crippen molar-refractivity contribution in [1.29, 1.82) is 0 Å². The van der Waals surface area contributed by atoms with Crippen molar-refractivity contribution < 1.29 is 9.18 Å². The molecular weight excluding hydrogens is 359 g/mol. The van der Waals surface area contributed by atoms with Gasteiger partial charge in [0.05, 0.1) is 21.4 Å². The first-order valence-electron chi connectivity index (χ1n) is 6.12. The highest BCUT2D eigenvalue weighted by molar-refractivity contribution is 9.10. The van der Waals surface area contributed by atoms with E-state index in [1.54, 1.807) is 24.3 Å². The number of carbonyl (C=O) groups is 1. The predicted molar refractivity (Wildman–Crippen MR) is 87.8 cm³/mol. The smallest absolute Gasteiger partial charge is 0.258 e. The summed E-state index contributed by atoms with van der Waals surface area (Å²) in [5, 5.41) is 3.18. The van der Waals surface area contributed by atoms with Crippen LogP contribution in [0.15, 0.2) is 40.9 Å². The molecule has 21 heavy (non-hydrogen) atoms. The van der Waals surface area contributed by atoms with Crippen LogP contribution in [-0.4, -0.2) is 20.0 Å². The molecule has 0 spiro atoms. The van der Waals surface area contributed by atoms with Gasteiger partial charge < -0.3 is 10.2 Å². The SMILES string of the molecule is CN(C)c1ccc(Cl)cc1NC(=O)c1cccc(Br)c1F. The van der Waals surface area contributed by atoms with Crippen LogP contribution in [0.3, 0.4) is 0 Å². The third-order valence-corrected chi connectivity index (χ3v) is 3.73. The van der Waals surface area contributed by atoms with Crippen LogP contribution in [-0.2, 0) is 0 Å². The number of amides is 1. The lowest BCUT2D eigenvalue weighted by Gasteiger charge is -2.18. The molecule has 2 aromatic rings. The standard InChI is InChI=1S/C15H13BrClFN2O/c1-20(2)13-7-6-9(17)8-12(13)19-15(21)10-4-3-5-11(16)14(10)18/h3-8H,1-2H3,(H,19,21). The minimum absolute atomic E-state index is 0.0333. The third-order valence-electron chi connectivity index (χ3n) is 2.88. The van der Waals surface area contributed by atoms with Gasteiger partial charge in [0.1, 0.15) is 5.82 Å². The van der Waals surface area contributed by atoms with Crippen LogP contribution in [0.25, 0.3) is 0 Å². The lowest BCUT2D eigenvalue weighted by atomic mass is 10.2. The zero-order valence-corrected chi connectivity index (χ0v) is 13.8. The van der Waals surface area contributed by atoms with Crippen molar-refractivity contribution in [3.05, 3.63) is 57.3 Å². The van der Waals surface area contributed by atoms with Crippen molar-refractivity contribution in [2.24, 2.45) is 0 Å². The fraction of sp³-hybridized carbons (Fsp3) is 0.133. The molecule has 110 valence electrons. The number of nitrogens with zero attached hydrogens (tertiary/aromatic N) is 1. The maximum Gasteiger partial charge on any atom is 0.258 e. The summed E-state index contributed by atoms with van der Waals surface area (Å²) in [4.78, 5) is 14.1. The van der Waals surface area contributed by atoms with E-state index < -0.39 is 11.7 Å². The summed E-state index contributed by atoms with van der Waals surface area (Å²) < 4.78 is 14.2. The summed E-state index contributed by atoms with van der Waals surface area (Å²) in [5.74, 6) is -1.12. The van der Waals surface area contributed by atoms with Crippen molar-refractivity contribution in [3.8, 4) is 0 Å². The first-order chi connectivity index (χ1) is 9.90. The van der Waals surface area contributed by atoms with E-state index in [1.165, 1.54) is 12.1 Å². The van der Waals surface area contributed by atoms with Crippen LogP contribution >= 0.6 is 27.5 Å². The molecule has 6 heteroatoms. The van der Waals surface area contributed by atoms with Gasteiger partial charge in [0.2, 0.25) is 0 Å². The van der Waals surface area contributed by atoms with Gasteiger partial charge in [-0.3, -0.25) is 4.79 Å². The molecule has 0 saturated carbocycles. The Morgan fingerprint density at radius 3 is 2.67 bits per heavy atom. The van der Waals surface area contributed by atoms with Gasteiger partial charge >= 0.3 is 0 Å². The molecule has 0 aromatic heterocycles. The van der Waals surface area contributed by atoms with Crippen molar-refractivity contribution in [2.75, 3.05) is 24.3 Å². The molecule has 0 radical (unpaired) electrons. The van der Waals surface area contributed by atoms with E-state index in [2.05, 4.69) is 21.2 Å². The fourth-order valence-electron chi connectivity index (χ4n) is 1.87. The predicted octanol–water partition coefficient (Wildman–Crippen LogP) is 4.56. The molecule has 1 N–H and O–H groups in total. The maximum atomic E-state index is 13.9. The number of benzene rings is 2. The Bertz CT molecular complexity index is 691. The van der Waals surface area contributed by atoms with E-state index in [-0.39, 0.29) is 10.0 Å². The van der Waals surface area contributed by atoms with Crippen molar-refractivity contribution >= 4 is 44.8 Å². The normalized spacial score (nSPS) is 10.3. The van der Waals surface area contributed by atoms with Crippen LogP contribution < -0.4 is 10.2 Å². The largest absolute Gasteiger partial charge is 0.376 e. The summed E-state index contributed by atoms with van der Waals surface area (Å²) in [7, 11) is 3.69. The number of hydrogen-bond acceptors (Lipinski definition) is 2. The lowest BCUT2D eigenvalue weighted by Crippen LogP contribution is -2.17. The quantitative estimate of drug-likeness (QED) is 0.858. The number of hydrogen-bond donors (Lipinski definition) is 1. The molecule has 0 bridgehead atoms. The topological polar surface area (TPSA) is 32.3 Å². The first-order valence-corrected chi connectivity index (χ1v) is 7.29. The average molecular weight is 372 g/mol. The van der Waals surface area contributed by atoms with Gasteiger partial charge in [-0.15, -0.1) is 0 Å². The fourth-order valence-corrected chi connectivity index (χ4v) is 2.41. The van der Waals surface area contributed by atoms with E-state index in [9.17, 15) is 9.18 Å². The van der Waals surface area contributed by atoms with Crippen LogP contribution in [0.4, 0.5) is 15.8 Å². The van der Waals surface area contributed by atoms with Gasteiger partial charge in [0, 0.05) is 19.1 Å². The monoisotopic (exact) mass is 370 g/mol. The number of carbonyl (C=O) groups excluding carboxylic acids is 1. The van der Waals surface area contributed by atoms with E-state index in [0.717, 1.165) is 5.69 Å². The summed E-state index contributed by atoms with van der Waals surface area (Å²) in [5.41, 5.74) is 1.27. The van der Waals surface area contributed by atoms with E-state index >= 15 is 0 Å². The van der Waals surface area contributed by atoms with Gasteiger partial charge in [-0.1, -0.05) is 17.7 Å². The van der Waals surface area contributed by atoms with Crippen molar-refractivity contribution in [3.63, 3.8) is 0 Å². The highest BCUT2D eigenvalue weighted by Gasteiger charge is 2.16. The molecule has 0 fully saturated rings. The Balaban J connectivity index is 2.36. The second kappa shape index (κ2) is 6.45. The third kappa shape index (κ3) is 3.54. The Labute approximate surface area is 135 Å². The van der Waals surface area contributed by atoms with Gasteiger partial charge in [-0.25, -0.2) is 4.39 Å².